The zero-order valence-electron chi connectivity index (χ0n) is 17.3. The first-order valence-electron chi connectivity index (χ1n) is 9.38. The molecule has 0 bridgehead atoms. The lowest BCUT2D eigenvalue weighted by Crippen LogP contribution is -2.25. The Balaban J connectivity index is 2.37. The zero-order valence-corrected chi connectivity index (χ0v) is 17.3. The lowest BCUT2D eigenvalue weighted by molar-refractivity contribution is -0.133. The van der Waals surface area contributed by atoms with E-state index in [1.54, 1.807) is 0 Å². The zero-order chi connectivity index (χ0) is 19.4. The molecule has 0 saturated heterocycles. The first kappa shape index (κ1) is 18.7. The third-order valence-corrected chi connectivity index (χ3v) is 5.46. The number of esters is 1. The minimum atomic E-state index is -0.346. The molecule has 26 heavy (non-hydrogen) atoms. The topological polar surface area (TPSA) is 26.3 Å². The van der Waals surface area contributed by atoms with Crippen LogP contribution >= 0.6 is 0 Å². The molecule has 0 amide bonds. The van der Waals surface area contributed by atoms with Gasteiger partial charge in [0.1, 0.15) is 11.7 Å². The predicted molar refractivity (Wildman–Crippen MR) is 107 cm³/mol. The van der Waals surface area contributed by atoms with Crippen molar-refractivity contribution in [2.45, 2.75) is 72.1 Å². The number of hydrogen-bond acceptors (Lipinski definition) is 2. The maximum atomic E-state index is 12.9. The summed E-state index contributed by atoms with van der Waals surface area (Å²) in [6, 6.07) is 10.3. The van der Waals surface area contributed by atoms with E-state index in [0.29, 0.717) is 0 Å². The van der Waals surface area contributed by atoms with E-state index in [1.807, 2.05) is 12.1 Å². The Hall–Kier alpha value is -2.09. The minimum absolute atomic E-state index is 0.00448. The fourth-order valence-corrected chi connectivity index (χ4v) is 4.06. The minimum Gasteiger partial charge on any atom is -0.425 e. The predicted octanol–water partition coefficient (Wildman–Crippen LogP) is 5.95. The summed E-state index contributed by atoms with van der Waals surface area (Å²) < 4.78 is 5.73. The Kier molecular flexibility index (Phi) is 4.29. The molecule has 0 N–H and O–H groups in total. The van der Waals surface area contributed by atoms with Crippen LogP contribution in [0.25, 0.3) is 0 Å². The molecule has 2 nitrogen and oxygen atoms in total. The molecule has 3 rings (SSSR count). The molecule has 1 unspecified atom stereocenters. The monoisotopic (exact) mass is 350 g/mol. The van der Waals surface area contributed by atoms with E-state index in [0.717, 1.165) is 16.9 Å². The van der Waals surface area contributed by atoms with Gasteiger partial charge in [-0.15, -0.1) is 0 Å². The molecule has 0 aliphatic carbocycles. The third kappa shape index (κ3) is 2.96. The highest BCUT2D eigenvalue weighted by atomic mass is 16.5. The van der Waals surface area contributed by atoms with Gasteiger partial charge >= 0.3 is 5.97 Å². The lowest BCUT2D eigenvalue weighted by Gasteiger charge is -2.33. The summed E-state index contributed by atoms with van der Waals surface area (Å²) in [5.41, 5.74) is 6.94. The molecule has 2 aromatic rings. The van der Waals surface area contributed by atoms with Crippen molar-refractivity contribution in [2.75, 3.05) is 0 Å². The van der Waals surface area contributed by atoms with E-state index in [9.17, 15) is 4.79 Å². The average molecular weight is 351 g/mol. The number of aryl methyl sites for hydroxylation is 1. The molecule has 138 valence electrons. The van der Waals surface area contributed by atoms with Crippen molar-refractivity contribution in [3.05, 3.63) is 63.7 Å². The van der Waals surface area contributed by atoms with E-state index >= 15 is 0 Å². The summed E-state index contributed by atoms with van der Waals surface area (Å²) in [5, 5.41) is 0. The first-order chi connectivity index (χ1) is 11.9. The van der Waals surface area contributed by atoms with Gasteiger partial charge in [-0.2, -0.15) is 0 Å². The second-order valence-corrected chi connectivity index (χ2v) is 9.54. The Morgan fingerprint density at radius 1 is 0.885 bits per heavy atom. The van der Waals surface area contributed by atoms with Crippen molar-refractivity contribution in [1.82, 2.24) is 0 Å². The second-order valence-electron chi connectivity index (χ2n) is 9.54. The molecule has 2 aromatic carbocycles. The number of hydrogen-bond donors (Lipinski definition) is 0. The average Bonchev–Trinajstić information content (AvgIpc) is 2.83. The molecular formula is C24H30O2. The largest absolute Gasteiger partial charge is 0.425 e. The van der Waals surface area contributed by atoms with Crippen LogP contribution in [-0.4, -0.2) is 5.97 Å². The summed E-state index contributed by atoms with van der Waals surface area (Å²) in [7, 11) is 0. The Bertz CT molecular complexity index is 876. The van der Waals surface area contributed by atoms with E-state index in [1.165, 1.54) is 22.3 Å². The number of carbonyl (C=O) groups is 1. The SMILES string of the molecule is Cc1cccc(C2C(=O)Oc3ccc(C(C)(C)C)c(C(C)(C)C)c32)c1C. The van der Waals surface area contributed by atoms with Crippen LogP contribution in [-0.2, 0) is 15.6 Å². The van der Waals surface area contributed by atoms with Crippen LogP contribution in [0.2, 0.25) is 0 Å². The smallest absolute Gasteiger partial charge is 0.323 e. The molecule has 1 aliphatic rings. The maximum Gasteiger partial charge on any atom is 0.323 e. The van der Waals surface area contributed by atoms with E-state index in [4.69, 9.17) is 4.74 Å². The van der Waals surface area contributed by atoms with Crippen LogP contribution in [0.1, 0.15) is 80.8 Å². The van der Waals surface area contributed by atoms with Gasteiger partial charge in [0.2, 0.25) is 0 Å². The third-order valence-electron chi connectivity index (χ3n) is 5.46. The van der Waals surface area contributed by atoms with E-state index < -0.39 is 0 Å². The Labute approximate surface area is 157 Å². The molecule has 1 atom stereocenters. The van der Waals surface area contributed by atoms with Gasteiger partial charge in [-0.3, -0.25) is 4.79 Å². The van der Waals surface area contributed by atoms with Crippen LogP contribution in [0.5, 0.6) is 5.75 Å². The fourth-order valence-electron chi connectivity index (χ4n) is 4.06. The summed E-state index contributed by atoms with van der Waals surface area (Å²) in [5.74, 6) is 0.213. The highest BCUT2D eigenvalue weighted by molar-refractivity contribution is 5.91. The molecular weight excluding hydrogens is 320 g/mol. The van der Waals surface area contributed by atoms with Gasteiger partial charge in [-0.25, -0.2) is 0 Å². The van der Waals surface area contributed by atoms with Crippen molar-refractivity contribution >= 4 is 5.97 Å². The molecule has 2 heteroatoms. The van der Waals surface area contributed by atoms with Crippen molar-refractivity contribution in [2.24, 2.45) is 0 Å². The molecule has 0 radical (unpaired) electrons. The first-order valence-corrected chi connectivity index (χ1v) is 9.38. The molecule has 1 heterocycles. The van der Waals surface area contributed by atoms with Gasteiger partial charge in [0.15, 0.2) is 0 Å². The van der Waals surface area contributed by atoms with Crippen LogP contribution in [0.4, 0.5) is 0 Å². The summed E-state index contributed by atoms with van der Waals surface area (Å²) >= 11 is 0. The highest BCUT2D eigenvalue weighted by Gasteiger charge is 2.41. The summed E-state index contributed by atoms with van der Waals surface area (Å²) in [4.78, 5) is 12.9. The lowest BCUT2D eigenvalue weighted by atomic mass is 9.70. The van der Waals surface area contributed by atoms with Gasteiger partial charge in [-0.1, -0.05) is 65.8 Å². The van der Waals surface area contributed by atoms with E-state index in [-0.39, 0.29) is 22.7 Å². The van der Waals surface area contributed by atoms with Crippen molar-refractivity contribution in [3.8, 4) is 5.75 Å². The quantitative estimate of drug-likeness (QED) is 0.469. The van der Waals surface area contributed by atoms with E-state index in [2.05, 4.69) is 73.6 Å². The number of fused-ring (bicyclic) bond motifs is 1. The van der Waals surface area contributed by atoms with Crippen molar-refractivity contribution < 1.29 is 9.53 Å². The van der Waals surface area contributed by atoms with Crippen LogP contribution < -0.4 is 4.74 Å². The van der Waals surface area contributed by atoms with Crippen LogP contribution in [0, 0.1) is 13.8 Å². The molecule has 0 fully saturated rings. The van der Waals surface area contributed by atoms with Crippen LogP contribution in [0.15, 0.2) is 30.3 Å². The normalized spacial score (nSPS) is 17.2. The number of rotatable bonds is 1. The molecule has 0 saturated carbocycles. The maximum absolute atomic E-state index is 12.9. The van der Waals surface area contributed by atoms with Gasteiger partial charge < -0.3 is 4.74 Å². The van der Waals surface area contributed by atoms with Crippen molar-refractivity contribution in [3.63, 3.8) is 0 Å². The second kappa shape index (κ2) is 5.97. The summed E-state index contributed by atoms with van der Waals surface area (Å²) in [6.07, 6.45) is 0. The van der Waals surface area contributed by atoms with Gasteiger partial charge in [0.05, 0.1) is 0 Å². The van der Waals surface area contributed by atoms with Crippen molar-refractivity contribution in [1.29, 1.82) is 0 Å². The summed E-state index contributed by atoms with van der Waals surface area (Å²) in [6.45, 7) is 17.6. The highest BCUT2D eigenvalue weighted by Crippen LogP contribution is 2.49. The Morgan fingerprint density at radius 2 is 1.54 bits per heavy atom. The van der Waals surface area contributed by atoms with Crippen LogP contribution in [0.3, 0.4) is 0 Å². The number of ether oxygens (including phenoxy) is 1. The number of benzene rings is 2. The fraction of sp³-hybridized carbons (Fsp3) is 0.458. The number of carbonyl (C=O) groups excluding carboxylic acids is 1. The molecule has 0 spiro atoms. The van der Waals surface area contributed by atoms with Gasteiger partial charge in [0.25, 0.3) is 0 Å². The van der Waals surface area contributed by atoms with Gasteiger partial charge in [0, 0.05) is 5.56 Å². The Morgan fingerprint density at radius 3 is 2.12 bits per heavy atom. The molecule has 0 aromatic heterocycles. The standard InChI is InChI=1S/C24H30O2/c1-14-10-9-11-16(15(14)2)19-20-18(26-22(19)25)13-12-17(23(3,4)5)21(20)24(6,7)8/h9-13,19H,1-8H3. The molecule has 1 aliphatic heterocycles. The van der Waals surface area contributed by atoms with Gasteiger partial charge in [-0.05, 0) is 58.6 Å².